The molecular formula is C17H22N2OS. The Labute approximate surface area is 131 Å². The normalized spacial score (nSPS) is 17.7. The average Bonchev–Trinajstić information content (AvgIpc) is 3.13. The molecule has 0 spiro atoms. The van der Waals surface area contributed by atoms with Gasteiger partial charge in [0.1, 0.15) is 0 Å². The van der Waals surface area contributed by atoms with E-state index in [9.17, 15) is 4.79 Å². The van der Waals surface area contributed by atoms with Crippen LogP contribution in [0, 0.1) is 0 Å². The molecule has 0 bridgehead atoms. The zero-order valence-electron chi connectivity index (χ0n) is 12.3. The van der Waals surface area contributed by atoms with Gasteiger partial charge in [-0.2, -0.15) is 0 Å². The van der Waals surface area contributed by atoms with E-state index < -0.39 is 0 Å². The molecule has 1 aromatic rings. The van der Waals surface area contributed by atoms with Crippen molar-refractivity contribution in [2.24, 2.45) is 5.73 Å². The van der Waals surface area contributed by atoms with Crippen molar-refractivity contribution in [3.05, 3.63) is 34.9 Å². The number of aryl methyl sites for hydroxylation is 2. The number of benzene rings is 1. The molecule has 0 heterocycles. The largest absolute Gasteiger partial charge is 0.392 e. The van der Waals surface area contributed by atoms with Gasteiger partial charge in [-0.15, -0.1) is 0 Å². The van der Waals surface area contributed by atoms with Crippen LogP contribution in [0.5, 0.6) is 0 Å². The predicted octanol–water partition coefficient (Wildman–Crippen LogP) is 2.85. The van der Waals surface area contributed by atoms with Gasteiger partial charge < -0.3 is 10.6 Å². The number of thiocarbonyl (C=S) groups is 1. The highest BCUT2D eigenvalue weighted by Crippen LogP contribution is 2.27. The molecule has 3 rings (SSSR count). The topological polar surface area (TPSA) is 46.3 Å². The minimum absolute atomic E-state index is 0.0874. The predicted molar refractivity (Wildman–Crippen MR) is 88.5 cm³/mol. The van der Waals surface area contributed by atoms with Crippen molar-refractivity contribution in [3.63, 3.8) is 0 Å². The van der Waals surface area contributed by atoms with Crippen LogP contribution in [-0.2, 0) is 12.8 Å². The first-order valence-corrected chi connectivity index (χ1v) is 8.27. The molecule has 0 aromatic heterocycles. The van der Waals surface area contributed by atoms with Gasteiger partial charge in [0.2, 0.25) is 0 Å². The van der Waals surface area contributed by atoms with Crippen molar-refractivity contribution < 1.29 is 4.79 Å². The lowest BCUT2D eigenvalue weighted by atomic mass is 10.0. The number of carbonyl (C=O) groups excluding carboxylic acids is 1. The summed E-state index contributed by atoms with van der Waals surface area (Å²) >= 11 is 5.04. The summed E-state index contributed by atoms with van der Waals surface area (Å²) in [4.78, 5) is 15.2. The molecule has 1 saturated carbocycles. The second-order valence-corrected chi connectivity index (χ2v) is 6.70. The van der Waals surface area contributed by atoms with E-state index in [2.05, 4.69) is 12.1 Å². The molecule has 2 aliphatic rings. The smallest absolute Gasteiger partial charge is 0.254 e. The van der Waals surface area contributed by atoms with Gasteiger partial charge in [-0.1, -0.05) is 31.1 Å². The third-order valence-electron chi connectivity index (χ3n) is 4.70. The van der Waals surface area contributed by atoms with E-state index in [1.165, 1.54) is 30.4 Å². The lowest BCUT2D eigenvalue weighted by Gasteiger charge is -2.28. The number of amides is 1. The average molecular weight is 302 g/mol. The van der Waals surface area contributed by atoms with E-state index in [-0.39, 0.29) is 5.91 Å². The Hall–Kier alpha value is -1.42. The first kappa shape index (κ1) is 14.5. The Morgan fingerprint density at radius 2 is 1.90 bits per heavy atom. The highest BCUT2D eigenvalue weighted by atomic mass is 32.1. The van der Waals surface area contributed by atoms with Crippen LogP contribution < -0.4 is 5.73 Å². The molecule has 0 radical (unpaired) electrons. The fraction of sp³-hybridized carbons (Fsp3) is 0.529. The van der Waals surface area contributed by atoms with Gasteiger partial charge in [0.25, 0.3) is 5.91 Å². The van der Waals surface area contributed by atoms with Gasteiger partial charge in [-0.3, -0.25) is 4.79 Å². The number of nitrogens with two attached hydrogens (primary N) is 1. The molecule has 4 heteroatoms. The molecule has 1 fully saturated rings. The van der Waals surface area contributed by atoms with Crippen LogP contribution in [0.25, 0.3) is 0 Å². The molecule has 3 nitrogen and oxygen atoms in total. The fourth-order valence-electron chi connectivity index (χ4n) is 3.62. The van der Waals surface area contributed by atoms with Crippen molar-refractivity contribution in [1.82, 2.24) is 4.90 Å². The second-order valence-electron chi connectivity index (χ2n) is 6.17. The van der Waals surface area contributed by atoms with Crippen LogP contribution in [0.15, 0.2) is 18.2 Å². The molecule has 0 aliphatic heterocycles. The number of carbonyl (C=O) groups is 1. The van der Waals surface area contributed by atoms with Gasteiger partial charge in [-0.05, 0) is 55.4 Å². The van der Waals surface area contributed by atoms with E-state index >= 15 is 0 Å². The van der Waals surface area contributed by atoms with Gasteiger partial charge in [0, 0.05) is 11.6 Å². The van der Waals surface area contributed by atoms with E-state index in [1.54, 1.807) is 0 Å². The standard InChI is InChI=1S/C17H22N2OS/c18-16(21)11-19(15-6-1-2-7-15)17(20)14-9-8-12-4-3-5-13(12)10-14/h8-10,15H,1-7,11H2,(H2,18,21). The molecule has 21 heavy (non-hydrogen) atoms. The zero-order chi connectivity index (χ0) is 14.8. The van der Waals surface area contributed by atoms with Crippen LogP contribution >= 0.6 is 12.2 Å². The Kier molecular flexibility index (Phi) is 4.24. The third-order valence-corrected chi connectivity index (χ3v) is 4.83. The molecule has 1 aromatic carbocycles. The highest BCUT2D eigenvalue weighted by molar-refractivity contribution is 7.80. The second kappa shape index (κ2) is 6.14. The third kappa shape index (κ3) is 3.10. The van der Waals surface area contributed by atoms with Gasteiger partial charge in [-0.25, -0.2) is 0 Å². The van der Waals surface area contributed by atoms with Crippen molar-refractivity contribution in [3.8, 4) is 0 Å². The fourth-order valence-corrected chi connectivity index (χ4v) is 3.76. The minimum atomic E-state index is 0.0874. The Balaban J connectivity index is 1.84. The molecule has 112 valence electrons. The van der Waals surface area contributed by atoms with Crippen LogP contribution in [0.1, 0.15) is 53.6 Å². The number of nitrogens with zero attached hydrogens (tertiary/aromatic N) is 1. The number of fused-ring (bicyclic) bond motifs is 1. The van der Waals surface area contributed by atoms with E-state index in [4.69, 9.17) is 18.0 Å². The van der Waals surface area contributed by atoms with Crippen LogP contribution in [0.2, 0.25) is 0 Å². The van der Waals surface area contributed by atoms with Crippen molar-refractivity contribution >= 4 is 23.1 Å². The maximum atomic E-state index is 12.9. The molecule has 1 amide bonds. The van der Waals surface area contributed by atoms with Crippen molar-refractivity contribution in [1.29, 1.82) is 0 Å². The molecule has 0 saturated heterocycles. The summed E-state index contributed by atoms with van der Waals surface area (Å²) in [5, 5.41) is 0. The van der Waals surface area contributed by atoms with Gasteiger partial charge in [0.15, 0.2) is 0 Å². The summed E-state index contributed by atoms with van der Waals surface area (Å²) in [6, 6.07) is 6.45. The number of rotatable bonds is 4. The zero-order valence-corrected chi connectivity index (χ0v) is 13.1. The molecular weight excluding hydrogens is 280 g/mol. The van der Waals surface area contributed by atoms with Gasteiger partial charge in [0.05, 0.1) is 11.5 Å². The Morgan fingerprint density at radius 1 is 1.19 bits per heavy atom. The summed E-state index contributed by atoms with van der Waals surface area (Å²) in [5.74, 6) is 0.0874. The molecule has 2 N–H and O–H groups in total. The first-order valence-electron chi connectivity index (χ1n) is 7.86. The highest BCUT2D eigenvalue weighted by Gasteiger charge is 2.28. The lowest BCUT2D eigenvalue weighted by molar-refractivity contribution is 0.0714. The van der Waals surface area contributed by atoms with Crippen LogP contribution in [0.3, 0.4) is 0 Å². The van der Waals surface area contributed by atoms with Gasteiger partial charge >= 0.3 is 0 Å². The quantitative estimate of drug-likeness (QED) is 0.870. The van der Waals surface area contributed by atoms with Crippen LogP contribution in [0.4, 0.5) is 0 Å². The van der Waals surface area contributed by atoms with E-state index in [0.29, 0.717) is 17.6 Å². The molecule has 0 atom stereocenters. The maximum absolute atomic E-state index is 12.9. The van der Waals surface area contributed by atoms with Crippen molar-refractivity contribution in [2.45, 2.75) is 51.0 Å². The lowest BCUT2D eigenvalue weighted by Crippen LogP contribution is -2.43. The van der Waals surface area contributed by atoms with Crippen LogP contribution in [-0.4, -0.2) is 28.4 Å². The number of hydrogen-bond donors (Lipinski definition) is 1. The van der Waals surface area contributed by atoms with E-state index in [1.807, 2.05) is 11.0 Å². The summed E-state index contributed by atoms with van der Waals surface area (Å²) in [7, 11) is 0. The number of hydrogen-bond acceptors (Lipinski definition) is 2. The minimum Gasteiger partial charge on any atom is -0.392 e. The molecule has 2 aliphatic carbocycles. The first-order chi connectivity index (χ1) is 10.1. The summed E-state index contributed by atoms with van der Waals surface area (Å²) in [5.41, 5.74) is 9.23. The summed E-state index contributed by atoms with van der Waals surface area (Å²) in [6.07, 6.45) is 7.95. The Morgan fingerprint density at radius 3 is 2.62 bits per heavy atom. The SMILES string of the molecule is NC(=S)CN(C(=O)c1ccc2c(c1)CCC2)C1CCCC1. The molecule has 0 unspecified atom stereocenters. The van der Waals surface area contributed by atoms with Crippen molar-refractivity contribution in [2.75, 3.05) is 6.54 Å². The van der Waals surface area contributed by atoms with E-state index in [0.717, 1.165) is 31.2 Å². The summed E-state index contributed by atoms with van der Waals surface area (Å²) in [6.45, 7) is 0.399. The Bertz CT molecular complexity index is 564. The summed E-state index contributed by atoms with van der Waals surface area (Å²) < 4.78 is 0. The maximum Gasteiger partial charge on any atom is 0.254 e. The monoisotopic (exact) mass is 302 g/mol.